The molecule has 116 valence electrons. The van der Waals surface area contributed by atoms with Crippen LogP contribution in [0.2, 0.25) is 5.02 Å². The first kappa shape index (κ1) is 17.2. The Morgan fingerprint density at radius 1 is 1.43 bits per heavy atom. The van der Waals surface area contributed by atoms with Gasteiger partial charge in [0.25, 0.3) is 5.91 Å². The van der Waals surface area contributed by atoms with E-state index in [2.05, 4.69) is 0 Å². The number of amides is 1. The van der Waals surface area contributed by atoms with Crippen LogP contribution in [0.4, 0.5) is 4.39 Å². The van der Waals surface area contributed by atoms with E-state index >= 15 is 0 Å². The maximum absolute atomic E-state index is 12.9. The molecule has 0 aromatic heterocycles. The first-order chi connectivity index (χ1) is 9.79. The van der Waals surface area contributed by atoms with Crippen LogP contribution in [-0.2, 0) is 9.59 Å². The van der Waals surface area contributed by atoms with Crippen LogP contribution in [-0.4, -0.2) is 41.6 Å². The maximum Gasteiger partial charge on any atom is 0.323 e. The number of carboxylic acid groups (broad SMARTS) is 1. The van der Waals surface area contributed by atoms with Gasteiger partial charge in [-0.2, -0.15) is 0 Å². The van der Waals surface area contributed by atoms with Crippen LogP contribution < -0.4 is 4.74 Å². The highest BCUT2D eigenvalue weighted by Crippen LogP contribution is 2.24. The van der Waals surface area contributed by atoms with Crippen molar-refractivity contribution in [1.82, 2.24) is 4.90 Å². The molecule has 1 aromatic carbocycles. The fraction of sp³-hybridized carbons (Fsp3) is 0.429. The zero-order valence-corrected chi connectivity index (χ0v) is 12.6. The number of carbonyl (C=O) groups excluding carboxylic acids is 1. The van der Waals surface area contributed by atoms with E-state index < -0.39 is 24.2 Å². The lowest BCUT2D eigenvalue weighted by Gasteiger charge is -2.22. The van der Waals surface area contributed by atoms with Crippen LogP contribution in [0.15, 0.2) is 18.2 Å². The predicted molar refractivity (Wildman–Crippen MR) is 76.0 cm³/mol. The standard InChI is InChI=1S/C14H17ClFNO4/c1-9(2)6-17(7-14(19)20)13(18)8-21-12-4-3-10(16)5-11(12)15/h3-5,9H,6-8H2,1-2H3,(H,19,20). The molecule has 1 aromatic rings. The lowest BCUT2D eigenvalue weighted by molar-refractivity contribution is -0.145. The van der Waals surface area contributed by atoms with Gasteiger partial charge in [-0.1, -0.05) is 25.4 Å². The Labute approximate surface area is 127 Å². The van der Waals surface area contributed by atoms with Crippen molar-refractivity contribution >= 4 is 23.5 Å². The minimum Gasteiger partial charge on any atom is -0.482 e. The van der Waals surface area contributed by atoms with Crippen LogP contribution in [0.3, 0.4) is 0 Å². The SMILES string of the molecule is CC(C)CN(CC(=O)O)C(=O)COc1ccc(F)cc1Cl. The number of aliphatic carboxylic acids is 1. The zero-order valence-electron chi connectivity index (χ0n) is 11.8. The first-order valence-electron chi connectivity index (χ1n) is 6.37. The summed E-state index contributed by atoms with van der Waals surface area (Å²) >= 11 is 5.78. The van der Waals surface area contributed by atoms with Crippen molar-refractivity contribution in [2.75, 3.05) is 19.7 Å². The smallest absolute Gasteiger partial charge is 0.323 e. The van der Waals surface area contributed by atoms with E-state index in [0.29, 0.717) is 6.54 Å². The molecule has 5 nitrogen and oxygen atoms in total. The van der Waals surface area contributed by atoms with Crippen molar-refractivity contribution in [3.8, 4) is 5.75 Å². The van der Waals surface area contributed by atoms with Gasteiger partial charge in [0, 0.05) is 6.54 Å². The molecule has 0 saturated carbocycles. The lowest BCUT2D eigenvalue weighted by Crippen LogP contribution is -2.40. The monoisotopic (exact) mass is 317 g/mol. The van der Waals surface area contributed by atoms with Gasteiger partial charge in [0.05, 0.1) is 5.02 Å². The minimum absolute atomic E-state index is 0.0523. The third-order valence-electron chi connectivity index (χ3n) is 2.51. The third-order valence-corrected chi connectivity index (χ3v) is 2.80. The summed E-state index contributed by atoms with van der Waals surface area (Å²) in [5, 5.41) is 8.86. The molecule has 7 heteroatoms. The topological polar surface area (TPSA) is 66.8 Å². The first-order valence-corrected chi connectivity index (χ1v) is 6.74. The van der Waals surface area contributed by atoms with Gasteiger partial charge in [0.2, 0.25) is 0 Å². The van der Waals surface area contributed by atoms with E-state index in [0.717, 1.165) is 12.1 Å². The van der Waals surface area contributed by atoms with Gasteiger partial charge in [0.15, 0.2) is 6.61 Å². The van der Waals surface area contributed by atoms with E-state index in [1.165, 1.54) is 11.0 Å². The van der Waals surface area contributed by atoms with E-state index in [-0.39, 0.29) is 23.3 Å². The summed E-state index contributed by atoms with van der Waals surface area (Å²) in [5.74, 6) is -1.77. The summed E-state index contributed by atoms with van der Waals surface area (Å²) in [5.41, 5.74) is 0. The van der Waals surface area contributed by atoms with Crippen molar-refractivity contribution < 1.29 is 23.8 Å². The van der Waals surface area contributed by atoms with Gasteiger partial charge >= 0.3 is 5.97 Å². The highest BCUT2D eigenvalue weighted by molar-refractivity contribution is 6.32. The second kappa shape index (κ2) is 7.83. The van der Waals surface area contributed by atoms with Crippen LogP contribution in [0.25, 0.3) is 0 Å². The number of rotatable bonds is 7. The molecule has 0 aliphatic carbocycles. The second-order valence-corrected chi connectivity index (χ2v) is 5.33. The Hall–Kier alpha value is -1.82. The summed E-state index contributed by atoms with van der Waals surface area (Å²) in [7, 11) is 0. The largest absolute Gasteiger partial charge is 0.482 e. The number of nitrogens with zero attached hydrogens (tertiary/aromatic N) is 1. The van der Waals surface area contributed by atoms with Crippen molar-refractivity contribution in [2.24, 2.45) is 5.92 Å². The van der Waals surface area contributed by atoms with Gasteiger partial charge in [0.1, 0.15) is 18.1 Å². The molecular weight excluding hydrogens is 301 g/mol. The molecule has 0 aliphatic heterocycles. The maximum atomic E-state index is 12.9. The second-order valence-electron chi connectivity index (χ2n) is 4.93. The fourth-order valence-corrected chi connectivity index (χ4v) is 1.90. The van der Waals surface area contributed by atoms with Crippen molar-refractivity contribution in [3.05, 3.63) is 29.0 Å². The van der Waals surface area contributed by atoms with Crippen LogP contribution in [0.5, 0.6) is 5.75 Å². The van der Waals surface area contributed by atoms with Crippen molar-refractivity contribution in [2.45, 2.75) is 13.8 Å². The van der Waals surface area contributed by atoms with Crippen molar-refractivity contribution in [3.63, 3.8) is 0 Å². The highest BCUT2D eigenvalue weighted by atomic mass is 35.5. The summed E-state index contributed by atoms with van der Waals surface area (Å²) in [6, 6.07) is 3.55. The van der Waals surface area contributed by atoms with E-state index in [9.17, 15) is 14.0 Å². The van der Waals surface area contributed by atoms with Gasteiger partial charge in [-0.25, -0.2) is 4.39 Å². The number of benzene rings is 1. The van der Waals surface area contributed by atoms with E-state index in [1.54, 1.807) is 0 Å². The van der Waals surface area contributed by atoms with E-state index in [1.807, 2.05) is 13.8 Å². The van der Waals surface area contributed by atoms with Crippen LogP contribution >= 0.6 is 11.6 Å². The number of carbonyl (C=O) groups is 2. The molecular formula is C14H17ClFNO4. The average Bonchev–Trinajstić information content (AvgIpc) is 2.35. The predicted octanol–water partition coefficient (Wildman–Crippen LogP) is 2.43. The molecule has 1 rings (SSSR count). The molecule has 0 spiro atoms. The summed E-state index contributed by atoms with van der Waals surface area (Å²) in [6.07, 6.45) is 0. The Morgan fingerprint density at radius 2 is 2.10 bits per heavy atom. The Bertz CT molecular complexity index is 522. The molecule has 0 bridgehead atoms. The molecule has 0 heterocycles. The molecule has 1 N–H and O–H groups in total. The van der Waals surface area contributed by atoms with Gasteiger partial charge in [-0.05, 0) is 24.1 Å². The number of carboxylic acids is 1. The zero-order chi connectivity index (χ0) is 16.0. The molecule has 21 heavy (non-hydrogen) atoms. The molecule has 0 unspecified atom stereocenters. The molecule has 0 radical (unpaired) electrons. The summed E-state index contributed by atoms with van der Waals surface area (Å²) in [4.78, 5) is 23.9. The van der Waals surface area contributed by atoms with Crippen molar-refractivity contribution in [1.29, 1.82) is 0 Å². The van der Waals surface area contributed by atoms with Crippen LogP contribution in [0.1, 0.15) is 13.8 Å². The van der Waals surface area contributed by atoms with Gasteiger partial charge < -0.3 is 14.7 Å². The molecule has 0 saturated heterocycles. The Kier molecular flexibility index (Phi) is 6.42. The Balaban J connectivity index is 2.66. The molecule has 1 amide bonds. The van der Waals surface area contributed by atoms with Gasteiger partial charge in [-0.15, -0.1) is 0 Å². The van der Waals surface area contributed by atoms with Gasteiger partial charge in [-0.3, -0.25) is 9.59 Å². The third kappa shape index (κ3) is 5.99. The number of hydrogen-bond donors (Lipinski definition) is 1. The summed E-state index contributed by atoms with van der Waals surface area (Å²) < 4.78 is 18.1. The number of hydrogen-bond acceptors (Lipinski definition) is 3. The molecule has 0 atom stereocenters. The fourth-order valence-electron chi connectivity index (χ4n) is 1.68. The summed E-state index contributed by atoms with van der Waals surface area (Å²) in [6.45, 7) is 3.31. The minimum atomic E-state index is -1.09. The molecule has 0 aliphatic rings. The normalized spacial score (nSPS) is 10.5. The highest BCUT2D eigenvalue weighted by Gasteiger charge is 2.18. The number of halogens is 2. The Morgan fingerprint density at radius 3 is 2.62 bits per heavy atom. The number of ether oxygens (including phenoxy) is 1. The quantitative estimate of drug-likeness (QED) is 0.838. The van der Waals surface area contributed by atoms with Crippen LogP contribution in [0, 0.1) is 11.7 Å². The average molecular weight is 318 g/mol. The molecule has 0 fully saturated rings. The van der Waals surface area contributed by atoms with E-state index in [4.69, 9.17) is 21.4 Å². The lowest BCUT2D eigenvalue weighted by atomic mass is 10.2.